The van der Waals surface area contributed by atoms with Crippen molar-refractivity contribution >= 4 is 0 Å². The number of nitrogens with zero attached hydrogens (tertiary/aromatic N) is 1. The molecule has 0 spiro atoms. The highest BCUT2D eigenvalue weighted by atomic mass is 16.5. The van der Waals surface area contributed by atoms with E-state index in [-0.39, 0.29) is 5.60 Å². The van der Waals surface area contributed by atoms with Gasteiger partial charge in [-0.05, 0) is 32.6 Å². The van der Waals surface area contributed by atoms with Crippen LogP contribution in [0.1, 0.15) is 40.5 Å². The number of rotatable bonds is 6. The molecule has 1 saturated heterocycles. The molecule has 1 atom stereocenters. The zero-order valence-electron chi connectivity index (χ0n) is 12.3. The monoisotopic (exact) mass is 242 g/mol. The summed E-state index contributed by atoms with van der Waals surface area (Å²) in [5.74, 6) is 0.776. The largest absolute Gasteiger partial charge is 0.379 e. The number of hydrogen-bond donors (Lipinski definition) is 1. The van der Waals surface area contributed by atoms with Crippen LogP contribution in [-0.4, -0.2) is 49.8 Å². The van der Waals surface area contributed by atoms with E-state index in [9.17, 15) is 0 Å². The molecule has 1 aliphatic rings. The second-order valence-electron chi connectivity index (χ2n) is 6.24. The molecule has 0 amide bonds. The summed E-state index contributed by atoms with van der Waals surface area (Å²) in [6.45, 7) is 13.6. The molecular weight excluding hydrogens is 212 g/mol. The van der Waals surface area contributed by atoms with Gasteiger partial charge < -0.3 is 10.1 Å². The maximum atomic E-state index is 5.50. The molecule has 3 nitrogen and oxygen atoms in total. The van der Waals surface area contributed by atoms with Crippen molar-refractivity contribution in [1.82, 2.24) is 10.2 Å². The molecular formula is C14H30N2O. The van der Waals surface area contributed by atoms with E-state index in [1.807, 2.05) is 7.11 Å². The first-order chi connectivity index (χ1) is 7.94. The van der Waals surface area contributed by atoms with Crippen molar-refractivity contribution in [2.75, 3.05) is 33.3 Å². The molecule has 0 aromatic rings. The Bertz CT molecular complexity index is 216. The van der Waals surface area contributed by atoms with Crippen molar-refractivity contribution in [3.63, 3.8) is 0 Å². The Morgan fingerprint density at radius 3 is 2.71 bits per heavy atom. The lowest BCUT2D eigenvalue weighted by molar-refractivity contribution is 0.000957. The van der Waals surface area contributed by atoms with Crippen molar-refractivity contribution in [2.45, 2.75) is 52.2 Å². The zero-order chi connectivity index (χ0) is 12.9. The van der Waals surface area contributed by atoms with Gasteiger partial charge in [0.2, 0.25) is 0 Å². The molecule has 0 bridgehead atoms. The Labute approximate surface area is 107 Å². The fourth-order valence-electron chi connectivity index (χ4n) is 2.39. The number of nitrogens with one attached hydrogen (secondary N) is 1. The quantitative estimate of drug-likeness (QED) is 0.772. The number of methoxy groups -OCH3 is 1. The summed E-state index contributed by atoms with van der Waals surface area (Å²) in [6, 6.07) is 0.705. The molecule has 1 rings (SSSR count). The maximum Gasteiger partial charge on any atom is 0.0634 e. The van der Waals surface area contributed by atoms with Gasteiger partial charge in [-0.3, -0.25) is 4.90 Å². The summed E-state index contributed by atoms with van der Waals surface area (Å²) in [7, 11) is 1.81. The highest BCUT2D eigenvalue weighted by molar-refractivity contribution is 4.82. The minimum Gasteiger partial charge on any atom is -0.379 e. The molecule has 3 heteroatoms. The van der Waals surface area contributed by atoms with Gasteiger partial charge in [-0.2, -0.15) is 0 Å². The third-order valence-electron chi connectivity index (χ3n) is 3.77. The van der Waals surface area contributed by atoms with Gasteiger partial charge in [-0.25, -0.2) is 0 Å². The van der Waals surface area contributed by atoms with Crippen LogP contribution in [0.2, 0.25) is 0 Å². The molecule has 0 aromatic heterocycles. The first-order valence-electron chi connectivity index (χ1n) is 6.94. The third kappa shape index (κ3) is 5.36. The fraction of sp³-hybridized carbons (Fsp3) is 1.00. The Balaban J connectivity index is 2.42. The van der Waals surface area contributed by atoms with E-state index in [1.165, 1.54) is 13.0 Å². The lowest BCUT2D eigenvalue weighted by Gasteiger charge is -2.38. The zero-order valence-corrected chi connectivity index (χ0v) is 12.3. The van der Waals surface area contributed by atoms with Crippen LogP contribution in [0.5, 0.6) is 0 Å². The Hall–Kier alpha value is -0.120. The standard InChI is InChI=1S/C14H30N2O/c1-12(2)10-13-11-15-7-9-16(13)8-6-14(3,4)17-5/h12-13,15H,6-11H2,1-5H3. The van der Waals surface area contributed by atoms with Crippen LogP contribution in [0, 0.1) is 5.92 Å². The number of piperazine rings is 1. The average molecular weight is 242 g/mol. The third-order valence-corrected chi connectivity index (χ3v) is 3.77. The van der Waals surface area contributed by atoms with E-state index in [4.69, 9.17) is 4.74 Å². The molecule has 0 aromatic carbocycles. The smallest absolute Gasteiger partial charge is 0.0634 e. The Morgan fingerprint density at radius 2 is 2.12 bits per heavy atom. The van der Waals surface area contributed by atoms with Gasteiger partial charge in [0.1, 0.15) is 0 Å². The van der Waals surface area contributed by atoms with Crippen molar-refractivity contribution in [3.05, 3.63) is 0 Å². The molecule has 1 N–H and O–H groups in total. The van der Waals surface area contributed by atoms with Gasteiger partial charge >= 0.3 is 0 Å². The molecule has 0 saturated carbocycles. The predicted octanol–water partition coefficient (Wildman–Crippen LogP) is 2.12. The fourth-order valence-corrected chi connectivity index (χ4v) is 2.39. The van der Waals surface area contributed by atoms with Crippen molar-refractivity contribution in [1.29, 1.82) is 0 Å². The van der Waals surface area contributed by atoms with E-state index in [1.54, 1.807) is 0 Å². The van der Waals surface area contributed by atoms with E-state index in [0.29, 0.717) is 6.04 Å². The van der Waals surface area contributed by atoms with E-state index in [2.05, 4.69) is 37.9 Å². The lowest BCUT2D eigenvalue weighted by Crippen LogP contribution is -2.52. The predicted molar refractivity (Wildman–Crippen MR) is 73.4 cm³/mol. The summed E-state index contributed by atoms with van der Waals surface area (Å²) in [5, 5.41) is 3.51. The summed E-state index contributed by atoms with van der Waals surface area (Å²) in [5.41, 5.74) is 0.00720. The van der Waals surface area contributed by atoms with Gasteiger partial charge in [0.25, 0.3) is 0 Å². The average Bonchev–Trinajstić information content (AvgIpc) is 2.27. The summed E-state index contributed by atoms with van der Waals surface area (Å²) in [6.07, 6.45) is 2.40. The molecule has 1 aliphatic heterocycles. The molecule has 0 radical (unpaired) electrons. The van der Waals surface area contributed by atoms with Crippen LogP contribution in [0.4, 0.5) is 0 Å². The molecule has 17 heavy (non-hydrogen) atoms. The Kier molecular flexibility index (Phi) is 5.90. The first-order valence-corrected chi connectivity index (χ1v) is 6.94. The SMILES string of the molecule is COC(C)(C)CCN1CCNCC1CC(C)C. The second kappa shape index (κ2) is 6.72. The van der Waals surface area contributed by atoms with Crippen LogP contribution in [0.15, 0.2) is 0 Å². The normalized spacial score (nSPS) is 23.3. The second-order valence-corrected chi connectivity index (χ2v) is 6.24. The lowest BCUT2D eigenvalue weighted by atomic mass is 9.99. The minimum absolute atomic E-state index is 0.00720. The van der Waals surface area contributed by atoms with Crippen LogP contribution in [0.25, 0.3) is 0 Å². The summed E-state index contributed by atoms with van der Waals surface area (Å²) < 4.78 is 5.50. The topological polar surface area (TPSA) is 24.5 Å². The highest BCUT2D eigenvalue weighted by Gasteiger charge is 2.25. The highest BCUT2D eigenvalue weighted by Crippen LogP contribution is 2.18. The summed E-state index contributed by atoms with van der Waals surface area (Å²) >= 11 is 0. The van der Waals surface area contributed by atoms with Gasteiger partial charge in [0.05, 0.1) is 5.60 Å². The van der Waals surface area contributed by atoms with Gasteiger partial charge in [0.15, 0.2) is 0 Å². The van der Waals surface area contributed by atoms with Gasteiger partial charge in [0, 0.05) is 39.3 Å². The number of ether oxygens (including phenoxy) is 1. The van der Waals surface area contributed by atoms with E-state index >= 15 is 0 Å². The van der Waals surface area contributed by atoms with Crippen molar-refractivity contribution < 1.29 is 4.74 Å². The van der Waals surface area contributed by atoms with Crippen molar-refractivity contribution in [3.8, 4) is 0 Å². The van der Waals surface area contributed by atoms with E-state index < -0.39 is 0 Å². The Morgan fingerprint density at radius 1 is 1.41 bits per heavy atom. The van der Waals surface area contributed by atoms with Crippen LogP contribution in [0.3, 0.4) is 0 Å². The molecule has 1 heterocycles. The minimum atomic E-state index is 0.00720. The van der Waals surface area contributed by atoms with Crippen LogP contribution >= 0.6 is 0 Å². The van der Waals surface area contributed by atoms with Crippen LogP contribution in [-0.2, 0) is 4.74 Å². The van der Waals surface area contributed by atoms with Gasteiger partial charge in [-0.1, -0.05) is 13.8 Å². The number of hydrogen-bond acceptors (Lipinski definition) is 3. The molecule has 1 unspecified atom stereocenters. The maximum absolute atomic E-state index is 5.50. The van der Waals surface area contributed by atoms with Crippen molar-refractivity contribution in [2.24, 2.45) is 5.92 Å². The van der Waals surface area contributed by atoms with Gasteiger partial charge in [-0.15, -0.1) is 0 Å². The first kappa shape index (κ1) is 14.9. The molecule has 0 aliphatic carbocycles. The molecule has 1 fully saturated rings. The summed E-state index contributed by atoms with van der Waals surface area (Å²) in [4.78, 5) is 2.64. The van der Waals surface area contributed by atoms with E-state index in [0.717, 1.165) is 32.0 Å². The van der Waals surface area contributed by atoms with Crippen LogP contribution < -0.4 is 5.32 Å². The molecule has 102 valence electrons.